The van der Waals surface area contributed by atoms with Gasteiger partial charge < -0.3 is 9.42 Å². The van der Waals surface area contributed by atoms with E-state index in [1.807, 2.05) is 13.0 Å². The number of carbonyl (C=O) groups is 1. The first-order chi connectivity index (χ1) is 13.7. The Morgan fingerprint density at radius 2 is 1.90 bits per heavy atom. The molecule has 1 fully saturated rings. The third-order valence-corrected chi connectivity index (χ3v) is 5.09. The molecular formula is C20H15ClF3N3O2. The number of benzene rings is 2. The van der Waals surface area contributed by atoms with Crippen LogP contribution in [0.1, 0.15) is 29.3 Å². The largest absolute Gasteiger partial charge is 0.416 e. The third kappa shape index (κ3) is 3.85. The summed E-state index contributed by atoms with van der Waals surface area (Å²) >= 11 is 6.27. The Labute approximate surface area is 169 Å². The number of hydrogen-bond acceptors (Lipinski definition) is 4. The molecule has 0 aliphatic carbocycles. The molecule has 0 spiro atoms. The van der Waals surface area contributed by atoms with Crippen molar-refractivity contribution in [3.63, 3.8) is 0 Å². The molecule has 5 nitrogen and oxygen atoms in total. The highest BCUT2D eigenvalue weighted by Gasteiger charge is 2.35. The number of anilines is 1. The van der Waals surface area contributed by atoms with E-state index in [0.717, 1.165) is 17.7 Å². The lowest BCUT2D eigenvalue weighted by atomic mass is 10.1. The van der Waals surface area contributed by atoms with Gasteiger partial charge in [-0.2, -0.15) is 18.2 Å². The highest BCUT2D eigenvalue weighted by Crippen LogP contribution is 2.36. The smallest absolute Gasteiger partial charge is 0.334 e. The molecule has 29 heavy (non-hydrogen) atoms. The Kier molecular flexibility index (Phi) is 4.82. The Morgan fingerprint density at radius 1 is 1.17 bits per heavy atom. The van der Waals surface area contributed by atoms with E-state index >= 15 is 0 Å². The highest BCUT2D eigenvalue weighted by atomic mass is 35.5. The van der Waals surface area contributed by atoms with Gasteiger partial charge in [0.2, 0.25) is 5.91 Å². The minimum atomic E-state index is -4.41. The number of rotatable bonds is 3. The third-order valence-electron chi connectivity index (χ3n) is 4.79. The van der Waals surface area contributed by atoms with Crippen LogP contribution < -0.4 is 4.90 Å². The minimum absolute atomic E-state index is 0.105. The number of alkyl halides is 3. The number of halogens is 4. The predicted molar refractivity (Wildman–Crippen MR) is 101 cm³/mol. The fraction of sp³-hybridized carbons (Fsp3) is 0.250. The van der Waals surface area contributed by atoms with E-state index < -0.39 is 11.7 Å². The SMILES string of the molecule is Cc1ccc(N2CC(c3noc(-c4ccc(C(F)(F)F)cc4)n3)CC2=O)c(Cl)c1. The number of hydrogen-bond donors (Lipinski definition) is 0. The molecule has 2 aromatic carbocycles. The molecule has 150 valence electrons. The van der Waals surface area contributed by atoms with Gasteiger partial charge >= 0.3 is 6.18 Å². The quantitative estimate of drug-likeness (QED) is 0.580. The van der Waals surface area contributed by atoms with Gasteiger partial charge in [0, 0.05) is 24.4 Å². The first kappa shape index (κ1) is 19.4. The molecule has 1 aromatic heterocycles. The van der Waals surface area contributed by atoms with E-state index in [-0.39, 0.29) is 24.1 Å². The summed E-state index contributed by atoms with van der Waals surface area (Å²) in [5, 5.41) is 4.41. The lowest BCUT2D eigenvalue weighted by Gasteiger charge is -2.18. The topological polar surface area (TPSA) is 59.2 Å². The van der Waals surface area contributed by atoms with Crippen molar-refractivity contribution in [1.29, 1.82) is 0 Å². The number of aromatic nitrogens is 2. The number of nitrogens with zero attached hydrogens (tertiary/aromatic N) is 3. The van der Waals surface area contributed by atoms with Crippen molar-refractivity contribution < 1.29 is 22.5 Å². The van der Waals surface area contributed by atoms with Crippen LogP contribution >= 0.6 is 11.6 Å². The van der Waals surface area contributed by atoms with Crippen LogP contribution in [0.4, 0.5) is 18.9 Å². The minimum Gasteiger partial charge on any atom is -0.334 e. The highest BCUT2D eigenvalue weighted by molar-refractivity contribution is 6.34. The fourth-order valence-electron chi connectivity index (χ4n) is 3.26. The van der Waals surface area contributed by atoms with Gasteiger partial charge in [0.15, 0.2) is 5.82 Å². The zero-order valence-electron chi connectivity index (χ0n) is 15.2. The molecule has 1 aliphatic rings. The normalized spacial score (nSPS) is 17.2. The monoisotopic (exact) mass is 421 g/mol. The van der Waals surface area contributed by atoms with Crippen LogP contribution in [0.3, 0.4) is 0 Å². The van der Waals surface area contributed by atoms with Crippen molar-refractivity contribution in [2.45, 2.75) is 25.4 Å². The maximum Gasteiger partial charge on any atom is 0.416 e. The maximum atomic E-state index is 12.7. The predicted octanol–water partition coefficient (Wildman–Crippen LogP) is 5.24. The average molecular weight is 422 g/mol. The molecule has 3 aromatic rings. The van der Waals surface area contributed by atoms with Crippen LogP contribution in [0.2, 0.25) is 5.02 Å². The summed E-state index contributed by atoms with van der Waals surface area (Å²) in [5.74, 6) is 0.0282. The van der Waals surface area contributed by atoms with Crippen molar-refractivity contribution in [1.82, 2.24) is 10.1 Å². The van der Waals surface area contributed by atoms with E-state index in [4.69, 9.17) is 16.1 Å². The fourth-order valence-corrected chi connectivity index (χ4v) is 3.60. The Morgan fingerprint density at radius 3 is 2.55 bits per heavy atom. The average Bonchev–Trinajstić information content (AvgIpc) is 3.28. The maximum absolute atomic E-state index is 12.7. The summed E-state index contributed by atoms with van der Waals surface area (Å²) in [7, 11) is 0. The molecule has 2 heterocycles. The van der Waals surface area contributed by atoms with E-state index in [1.54, 1.807) is 17.0 Å². The molecule has 1 aliphatic heterocycles. The van der Waals surface area contributed by atoms with Crippen molar-refractivity contribution in [3.8, 4) is 11.5 Å². The molecule has 0 saturated carbocycles. The first-order valence-corrected chi connectivity index (χ1v) is 9.18. The summed E-state index contributed by atoms with van der Waals surface area (Å²) in [5.41, 5.74) is 1.23. The molecule has 9 heteroatoms. The van der Waals surface area contributed by atoms with Gasteiger partial charge in [0.25, 0.3) is 5.89 Å². The van der Waals surface area contributed by atoms with Gasteiger partial charge in [-0.1, -0.05) is 22.8 Å². The molecule has 4 rings (SSSR count). The lowest BCUT2D eigenvalue weighted by molar-refractivity contribution is -0.137. The molecule has 1 amide bonds. The van der Waals surface area contributed by atoms with E-state index in [9.17, 15) is 18.0 Å². The van der Waals surface area contributed by atoms with Gasteiger partial charge in [-0.25, -0.2) is 0 Å². The van der Waals surface area contributed by atoms with Crippen LogP contribution in [0.5, 0.6) is 0 Å². The van der Waals surface area contributed by atoms with Gasteiger partial charge in [-0.15, -0.1) is 0 Å². The first-order valence-electron chi connectivity index (χ1n) is 8.80. The zero-order chi connectivity index (χ0) is 20.8. The summed E-state index contributed by atoms with van der Waals surface area (Å²) < 4.78 is 43.3. The molecule has 0 radical (unpaired) electrons. The summed E-state index contributed by atoms with van der Waals surface area (Å²) in [6, 6.07) is 9.92. The van der Waals surface area contributed by atoms with Crippen molar-refractivity contribution in [3.05, 3.63) is 64.4 Å². The van der Waals surface area contributed by atoms with Crippen molar-refractivity contribution in [2.24, 2.45) is 0 Å². The second kappa shape index (κ2) is 7.18. The summed E-state index contributed by atoms with van der Waals surface area (Å²) in [6.07, 6.45) is -4.22. The second-order valence-corrected chi connectivity index (χ2v) is 7.30. The van der Waals surface area contributed by atoms with Gasteiger partial charge in [0.05, 0.1) is 16.3 Å². The Hall–Kier alpha value is -2.87. The Bertz CT molecular complexity index is 1060. The van der Waals surface area contributed by atoms with E-state index in [2.05, 4.69) is 10.1 Å². The standard InChI is InChI=1S/C20H15ClF3N3O2/c1-11-2-7-16(15(21)8-11)27-10-13(9-17(27)28)18-25-19(29-26-18)12-3-5-14(6-4-12)20(22,23)24/h2-8,13H,9-10H2,1H3. The van der Waals surface area contributed by atoms with Crippen molar-refractivity contribution >= 4 is 23.2 Å². The van der Waals surface area contributed by atoms with Crippen LogP contribution in [0, 0.1) is 6.92 Å². The van der Waals surface area contributed by atoms with Crippen LogP contribution in [-0.2, 0) is 11.0 Å². The Balaban J connectivity index is 1.53. The number of carbonyl (C=O) groups excluding carboxylic acids is 1. The van der Waals surface area contributed by atoms with E-state index in [1.165, 1.54) is 12.1 Å². The van der Waals surface area contributed by atoms with Crippen LogP contribution in [0.25, 0.3) is 11.5 Å². The van der Waals surface area contributed by atoms with Gasteiger partial charge in [0.1, 0.15) is 0 Å². The van der Waals surface area contributed by atoms with Gasteiger partial charge in [-0.3, -0.25) is 4.79 Å². The lowest BCUT2D eigenvalue weighted by Crippen LogP contribution is -2.24. The van der Waals surface area contributed by atoms with E-state index in [0.29, 0.717) is 28.6 Å². The summed E-state index contributed by atoms with van der Waals surface area (Å²) in [4.78, 5) is 18.3. The molecule has 0 bridgehead atoms. The van der Waals surface area contributed by atoms with Crippen molar-refractivity contribution in [2.75, 3.05) is 11.4 Å². The van der Waals surface area contributed by atoms with Crippen LogP contribution in [-0.4, -0.2) is 22.6 Å². The molecule has 1 unspecified atom stereocenters. The molecule has 1 atom stereocenters. The zero-order valence-corrected chi connectivity index (χ0v) is 16.0. The second-order valence-electron chi connectivity index (χ2n) is 6.89. The molecule has 1 saturated heterocycles. The number of aryl methyl sites for hydroxylation is 1. The van der Waals surface area contributed by atoms with Gasteiger partial charge in [-0.05, 0) is 48.9 Å². The number of amides is 1. The molecular weight excluding hydrogens is 407 g/mol. The summed E-state index contributed by atoms with van der Waals surface area (Å²) in [6.45, 7) is 2.25. The molecule has 0 N–H and O–H groups in total. The van der Waals surface area contributed by atoms with Crippen LogP contribution in [0.15, 0.2) is 47.0 Å².